The van der Waals surface area contributed by atoms with Crippen LogP contribution in [-0.2, 0) is 7.05 Å². The monoisotopic (exact) mass is 507 g/mol. The van der Waals surface area contributed by atoms with E-state index in [4.69, 9.17) is 9.72 Å². The molecule has 5 heterocycles. The predicted octanol–water partition coefficient (Wildman–Crippen LogP) is 4.56. The van der Waals surface area contributed by atoms with E-state index in [9.17, 15) is 4.79 Å². The zero-order valence-corrected chi connectivity index (χ0v) is 21.0. The van der Waals surface area contributed by atoms with Crippen molar-refractivity contribution in [3.63, 3.8) is 0 Å². The maximum absolute atomic E-state index is 12.9. The van der Waals surface area contributed by atoms with E-state index in [0.29, 0.717) is 29.3 Å². The van der Waals surface area contributed by atoms with Gasteiger partial charge in [-0.2, -0.15) is 0 Å². The first-order valence-electron chi connectivity index (χ1n) is 12.6. The number of carbonyl (C=O) groups excluding carboxylic acids is 1. The van der Waals surface area contributed by atoms with Crippen molar-refractivity contribution < 1.29 is 9.53 Å². The van der Waals surface area contributed by atoms with Crippen LogP contribution in [0.5, 0.6) is 11.5 Å². The van der Waals surface area contributed by atoms with E-state index in [0.717, 1.165) is 53.2 Å². The fourth-order valence-corrected chi connectivity index (χ4v) is 5.24. The third kappa shape index (κ3) is 3.74. The van der Waals surface area contributed by atoms with Gasteiger partial charge in [-0.05, 0) is 55.7 Å². The highest BCUT2D eigenvalue weighted by Crippen LogP contribution is 2.32. The van der Waals surface area contributed by atoms with Gasteiger partial charge in [-0.3, -0.25) is 4.90 Å². The van der Waals surface area contributed by atoms with Crippen molar-refractivity contribution in [3.8, 4) is 11.5 Å². The van der Waals surface area contributed by atoms with Crippen molar-refractivity contribution in [2.45, 2.75) is 25.8 Å². The second kappa shape index (κ2) is 8.65. The summed E-state index contributed by atoms with van der Waals surface area (Å²) in [5.74, 6) is 2.39. The zero-order chi connectivity index (χ0) is 25.8. The van der Waals surface area contributed by atoms with Crippen LogP contribution < -0.4 is 15.0 Å². The van der Waals surface area contributed by atoms with Crippen molar-refractivity contribution in [3.05, 3.63) is 60.8 Å². The number of hydrogen-bond acceptors (Lipinski definition) is 8. The number of amides is 2. The molecule has 190 valence electrons. The molecule has 2 amide bonds. The number of benzene rings is 2. The van der Waals surface area contributed by atoms with Crippen molar-refractivity contribution in [2.75, 3.05) is 23.3 Å². The molecule has 3 aromatic heterocycles. The Morgan fingerprint density at radius 3 is 2.84 bits per heavy atom. The van der Waals surface area contributed by atoms with Gasteiger partial charge in [0.2, 0.25) is 5.95 Å². The number of nitrogens with one attached hydrogen (secondary N) is 1. The highest BCUT2D eigenvalue weighted by molar-refractivity contribution is 5.95. The minimum Gasteiger partial charge on any atom is -0.457 e. The standard InChI is InChI=1S/C27H25N9O2/c1-16-10-17(5-8-23(16)38-19-6-7-22-20(11-19)31-15-34(22)2)32-25-24-21(29-14-30-25)12-28-26(33-24)36-13-18-4-3-9-35(18)27(36)37/h5-8,10-12,14-15,18H,3-4,9,13H2,1-2H3,(H,29,30,32)/t18-/m1/s1. The minimum atomic E-state index is -0.0355. The number of anilines is 3. The van der Waals surface area contributed by atoms with Crippen LogP contribution in [0.4, 0.5) is 22.2 Å². The molecule has 0 aliphatic carbocycles. The molecule has 11 nitrogen and oxygen atoms in total. The number of rotatable bonds is 5. The van der Waals surface area contributed by atoms with Gasteiger partial charge in [0.15, 0.2) is 5.82 Å². The summed E-state index contributed by atoms with van der Waals surface area (Å²) in [5, 5.41) is 3.35. The topological polar surface area (TPSA) is 114 Å². The summed E-state index contributed by atoms with van der Waals surface area (Å²) in [6, 6.07) is 11.9. The van der Waals surface area contributed by atoms with Crippen molar-refractivity contribution in [1.82, 2.24) is 34.4 Å². The third-order valence-electron chi connectivity index (χ3n) is 7.22. The van der Waals surface area contributed by atoms with Gasteiger partial charge >= 0.3 is 6.03 Å². The Labute approximate surface area is 218 Å². The first kappa shape index (κ1) is 22.4. The van der Waals surface area contributed by atoms with E-state index in [1.54, 1.807) is 17.4 Å². The molecule has 1 atom stereocenters. The lowest BCUT2D eigenvalue weighted by atomic mass is 10.2. The molecule has 2 saturated heterocycles. The summed E-state index contributed by atoms with van der Waals surface area (Å²) in [7, 11) is 1.97. The molecular weight excluding hydrogens is 482 g/mol. The summed E-state index contributed by atoms with van der Waals surface area (Å²) in [6.45, 7) is 3.39. The Bertz CT molecular complexity index is 1720. The third-order valence-corrected chi connectivity index (χ3v) is 7.22. The van der Waals surface area contributed by atoms with Crippen LogP contribution in [0.15, 0.2) is 55.2 Å². The molecule has 0 spiro atoms. The number of hydrogen-bond donors (Lipinski definition) is 1. The number of nitrogens with zero attached hydrogens (tertiary/aromatic N) is 8. The minimum absolute atomic E-state index is 0.0355. The molecule has 0 bridgehead atoms. The van der Waals surface area contributed by atoms with E-state index in [2.05, 4.69) is 25.3 Å². The lowest BCUT2D eigenvalue weighted by Gasteiger charge is -2.16. The summed E-state index contributed by atoms with van der Waals surface area (Å²) < 4.78 is 8.13. The maximum atomic E-state index is 12.9. The predicted molar refractivity (Wildman–Crippen MR) is 143 cm³/mol. The molecule has 7 rings (SSSR count). The van der Waals surface area contributed by atoms with Gasteiger partial charge in [-0.1, -0.05) is 0 Å². The number of carbonyl (C=O) groups is 1. The molecule has 0 radical (unpaired) electrons. The first-order valence-corrected chi connectivity index (χ1v) is 12.6. The molecular formula is C27H25N9O2. The second-order valence-corrected chi connectivity index (χ2v) is 9.72. The fraction of sp³-hybridized carbons (Fsp3) is 0.259. The summed E-state index contributed by atoms with van der Waals surface area (Å²) in [4.78, 5) is 38.7. The molecule has 2 aliphatic rings. The molecule has 11 heteroatoms. The van der Waals surface area contributed by atoms with Gasteiger partial charge in [0.05, 0.1) is 36.1 Å². The fourth-order valence-electron chi connectivity index (χ4n) is 5.24. The van der Waals surface area contributed by atoms with Crippen LogP contribution in [-0.4, -0.2) is 59.5 Å². The summed E-state index contributed by atoms with van der Waals surface area (Å²) in [5.41, 5.74) is 4.86. The second-order valence-electron chi connectivity index (χ2n) is 9.72. The van der Waals surface area contributed by atoms with Crippen LogP contribution in [0.25, 0.3) is 22.1 Å². The molecule has 2 aliphatic heterocycles. The Morgan fingerprint density at radius 1 is 1.05 bits per heavy atom. The summed E-state index contributed by atoms with van der Waals surface area (Å²) in [6.07, 6.45) is 6.97. The zero-order valence-electron chi connectivity index (χ0n) is 21.0. The molecule has 2 fully saturated rings. The van der Waals surface area contributed by atoms with E-state index >= 15 is 0 Å². The van der Waals surface area contributed by atoms with Crippen LogP contribution >= 0.6 is 0 Å². The van der Waals surface area contributed by atoms with Gasteiger partial charge in [0, 0.05) is 25.3 Å². The van der Waals surface area contributed by atoms with Gasteiger partial charge in [0.25, 0.3) is 0 Å². The number of aromatic nitrogens is 6. The number of aryl methyl sites for hydroxylation is 2. The Kier molecular flexibility index (Phi) is 5.10. The van der Waals surface area contributed by atoms with Gasteiger partial charge in [-0.15, -0.1) is 0 Å². The Balaban J connectivity index is 1.14. The average Bonchev–Trinajstić information content (AvgIpc) is 3.62. The van der Waals surface area contributed by atoms with Crippen molar-refractivity contribution in [2.24, 2.45) is 7.05 Å². The average molecular weight is 508 g/mol. The molecule has 38 heavy (non-hydrogen) atoms. The number of imidazole rings is 1. The van der Waals surface area contributed by atoms with Crippen LogP contribution in [0.1, 0.15) is 18.4 Å². The molecule has 2 aromatic carbocycles. The van der Waals surface area contributed by atoms with Crippen LogP contribution in [0.3, 0.4) is 0 Å². The first-order chi connectivity index (χ1) is 18.5. The highest BCUT2D eigenvalue weighted by atomic mass is 16.5. The molecule has 5 aromatic rings. The quantitative estimate of drug-likeness (QED) is 0.368. The largest absolute Gasteiger partial charge is 0.457 e. The van der Waals surface area contributed by atoms with Crippen LogP contribution in [0, 0.1) is 6.92 Å². The van der Waals surface area contributed by atoms with Gasteiger partial charge in [0.1, 0.15) is 28.9 Å². The lowest BCUT2D eigenvalue weighted by molar-refractivity contribution is 0.219. The van der Waals surface area contributed by atoms with E-state index in [-0.39, 0.29) is 12.1 Å². The van der Waals surface area contributed by atoms with Gasteiger partial charge in [-0.25, -0.2) is 29.7 Å². The molecule has 0 unspecified atom stereocenters. The number of fused-ring (bicyclic) bond motifs is 3. The van der Waals surface area contributed by atoms with E-state index in [1.165, 1.54) is 6.33 Å². The maximum Gasteiger partial charge on any atom is 0.327 e. The Hall–Kier alpha value is -4.80. The number of urea groups is 1. The highest BCUT2D eigenvalue weighted by Gasteiger charge is 2.41. The normalized spacial score (nSPS) is 17.0. The number of ether oxygens (including phenoxy) is 1. The molecule has 0 saturated carbocycles. The lowest BCUT2D eigenvalue weighted by Crippen LogP contribution is -2.32. The van der Waals surface area contributed by atoms with E-state index < -0.39 is 0 Å². The Morgan fingerprint density at radius 2 is 1.97 bits per heavy atom. The van der Waals surface area contributed by atoms with Crippen molar-refractivity contribution in [1.29, 1.82) is 0 Å². The van der Waals surface area contributed by atoms with Gasteiger partial charge < -0.3 is 19.5 Å². The SMILES string of the molecule is Cc1cc(Nc2ncnc3cnc(N4C[C@H]5CCCN5C4=O)nc23)ccc1Oc1ccc2c(c1)ncn2C. The van der Waals surface area contributed by atoms with Crippen LogP contribution in [0.2, 0.25) is 0 Å². The molecule has 1 N–H and O–H groups in total. The smallest absolute Gasteiger partial charge is 0.327 e. The van der Waals surface area contributed by atoms with Crippen molar-refractivity contribution >= 4 is 45.6 Å². The van der Waals surface area contributed by atoms with E-state index in [1.807, 2.05) is 59.8 Å². The summed E-state index contributed by atoms with van der Waals surface area (Å²) >= 11 is 0.